The van der Waals surface area contributed by atoms with Crippen LogP contribution in [0.25, 0.3) is 10.9 Å². The van der Waals surface area contributed by atoms with Gasteiger partial charge in [0.05, 0.1) is 27.9 Å². The number of rotatable bonds is 7. The molecule has 156 valence electrons. The molecule has 0 atom stereocenters. The number of hydrogen-bond acceptors (Lipinski definition) is 6. The molecule has 0 spiro atoms. The highest BCUT2D eigenvalue weighted by Gasteiger charge is 2.22. The van der Waals surface area contributed by atoms with Crippen LogP contribution < -0.4 is 10.9 Å². The molecule has 30 heavy (non-hydrogen) atoms. The minimum Gasteiger partial charge on any atom is -0.387 e. The van der Waals surface area contributed by atoms with E-state index in [9.17, 15) is 19.7 Å². The SMILES string of the molecule is CCCN(Cc1nc2cc(Cl)ccc2c(=O)[nH]1)C(=O)c1cc([N+](=O)[O-])ccc1NC. The lowest BCUT2D eigenvalue weighted by Gasteiger charge is -2.23. The molecule has 1 heterocycles. The van der Waals surface area contributed by atoms with Crippen molar-refractivity contribution in [3.63, 3.8) is 0 Å². The summed E-state index contributed by atoms with van der Waals surface area (Å²) in [5, 5.41) is 14.9. The van der Waals surface area contributed by atoms with E-state index >= 15 is 0 Å². The van der Waals surface area contributed by atoms with Gasteiger partial charge in [0.25, 0.3) is 17.2 Å². The quantitative estimate of drug-likeness (QED) is 0.437. The summed E-state index contributed by atoms with van der Waals surface area (Å²) in [6.45, 7) is 2.32. The smallest absolute Gasteiger partial charge is 0.270 e. The number of non-ortho nitro benzene ring substituents is 1. The molecular weight excluding hydrogens is 410 g/mol. The summed E-state index contributed by atoms with van der Waals surface area (Å²) in [5.74, 6) is -0.105. The normalized spacial score (nSPS) is 10.8. The number of halogens is 1. The molecule has 0 fully saturated rings. The number of H-pyrrole nitrogens is 1. The third-order valence-corrected chi connectivity index (χ3v) is 4.79. The number of nitro benzene ring substituents is 1. The number of carbonyl (C=O) groups excluding carboxylic acids is 1. The van der Waals surface area contributed by atoms with Gasteiger partial charge in [0.2, 0.25) is 0 Å². The van der Waals surface area contributed by atoms with Crippen molar-refractivity contribution in [3.8, 4) is 0 Å². The Morgan fingerprint density at radius 1 is 1.30 bits per heavy atom. The summed E-state index contributed by atoms with van der Waals surface area (Å²) >= 11 is 6.00. The molecule has 0 unspecified atom stereocenters. The summed E-state index contributed by atoms with van der Waals surface area (Å²) in [6, 6.07) is 8.85. The zero-order valence-electron chi connectivity index (χ0n) is 16.4. The highest BCUT2D eigenvalue weighted by Crippen LogP contribution is 2.24. The second-order valence-corrected chi connectivity index (χ2v) is 7.07. The monoisotopic (exact) mass is 429 g/mol. The second kappa shape index (κ2) is 8.91. The Bertz CT molecular complexity index is 1180. The first-order valence-corrected chi connectivity index (χ1v) is 9.65. The van der Waals surface area contributed by atoms with Crippen LogP contribution in [0.15, 0.2) is 41.2 Å². The Hall–Kier alpha value is -3.46. The lowest BCUT2D eigenvalue weighted by atomic mass is 10.1. The van der Waals surface area contributed by atoms with Crippen LogP contribution in [0.2, 0.25) is 5.02 Å². The Kier molecular flexibility index (Phi) is 6.31. The minimum absolute atomic E-state index is 0.0379. The van der Waals surface area contributed by atoms with Crippen LogP contribution in [-0.2, 0) is 6.54 Å². The topological polar surface area (TPSA) is 121 Å². The summed E-state index contributed by atoms with van der Waals surface area (Å²) < 4.78 is 0. The molecule has 0 bridgehead atoms. The zero-order valence-corrected chi connectivity index (χ0v) is 17.2. The second-order valence-electron chi connectivity index (χ2n) is 6.64. The van der Waals surface area contributed by atoms with Gasteiger partial charge in [-0.1, -0.05) is 18.5 Å². The van der Waals surface area contributed by atoms with Gasteiger partial charge in [0.15, 0.2) is 0 Å². The third-order valence-electron chi connectivity index (χ3n) is 4.55. The van der Waals surface area contributed by atoms with Crippen LogP contribution in [0.4, 0.5) is 11.4 Å². The first-order chi connectivity index (χ1) is 14.3. The van der Waals surface area contributed by atoms with Gasteiger partial charge in [-0.25, -0.2) is 4.98 Å². The van der Waals surface area contributed by atoms with Crippen molar-refractivity contribution in [3.05, 3.63) is 73.3 Å². The fourth-order valence-corrected chi connectivity index (χ4v) is 3.32. The summed E-state index contributed by atoms with van der Waals surface area (Å²) in [4.78, 5) is 44.8. The number of fused-ring (bicyclic) bond motifs is 1. The molecule has 9 nitrogen and oxygen atoms in total. The summed E-state index contributed by atoms with van der Waals surface area (Å²) in [5.41, 5.74) is 0.559. The zero-order chi connectivity index (χ0) is 21.8. The molecule has 0 saturated carbocycles. The maximum Gasteiger partial charge on any atom is 0.270 e. The van der Waals surface area contributed by atoms with Crippen LogP contribution in [0.5, 0.6) is 0 Å². The van der Waals surface area contributed by atoms with Gasteiger partial charge < -0.3 is 15.2 Å². The van der Waals surface area contributed by atoms with E-state index in [-0.39, 0.29) is 23.4 Å². The molecule has 0 aliphatic rings. The molecule has 10 heteroatoms. The molecule has 0 radical (unpaired) electrons. The number of aromatic amines is 1. The van der Waals surface area contributed by atoms with E-state index in [0.717, 1.165) is 0 Å². The minimum atomic E-state index is -0.549. The fourth-order valence-electron chi connectivity index (χ4n) is 3.15. The number of anilines is 1. The number of carbonyl (C=O) groups is 1. The number of benzene rings is 2. The molecule has 2 N–H and O–H groups in total. The Balaban J connectivity index is 2.00. The molecule has 0 aliphatic carbocycles. The van der Waals surface area contributed by atoms with Crippen molar-refractivity contribution in [1.29, 1.82) is 0 Å². The van der Waals surface area contributed by atoms with Gasteiger partial charge in [-0.2, -0.15) is 0 Å². The van der Waals surface area contributed by atoms with Crippen LogP contribution in [0, 0.1) is 10.1 Å². The molecule has 1 aromatic heterocycles. The van der Waals surface area contributed by atoms with Crippen LogP contribution in [0.1, 0.15) is 29.5 Å². The standard InChI is InChI=1S/C20H20ClN5O4/c1-3-8-25(20(28)15-10-13(26(29)30)5-7-16(15)22-2)11-18-23-17-9-12(21)4-6-14(17)19(27)24-18/h4-7,9-10,22H,3,8,11H2,1-2H3,(H,23,24,27). The predicted octanol–water partition coefficient (Wildman–Crippen LogP) is 3.58. The number of nitro groups is 1. The largest absolute Gasteiger partial charge is 0.387 e. The summed E-state index contributed by atoms with van der Waals surface area (Å²) in [7, 11) is 1.63. The van der Waals surface area contributed by atoms with Gasteiger partial charge in [0, 0.05) is 36.4 Å². The van der Waals surface area contributed by atoms with E-state index in [1.54, 1.807) is 25.2 Å². The molecule has 1 amide bonds. The van der Waals surface area contributed by atoms with Gasteiger partial charge >= 0.3 is 0 Å². The predicted molar refractivity (Wildman–Crippen MR) is 115 cm³/mol. The van der Waals surface area contributed by atoms with E-state index in [4.69, 9.17) is 11.6 Å². The van der Waals surface area contributed by atoms with Crippen molar-refractivity contribution in [2.24, 2.45) is 0 Å². The molecule has 3 rings (SSSR count). The number of nitrogens with zero attached hydrogens (tertiary/aromatic N) is 3. The average molecular weight is 430 g/mol. The maximum atomic E-state index is 13.2. The molecule has 0 aliphatic heterocycles. The van der Waals surface area contributed by atoms with Gasteiger partial charge in [-0.3, -0.25) is 19.7 Å². The summed E-state index contributed by atoms with van der Waals surface area (Å²) in [6.07, 6.45) is 0.652. The fraction of sp³-hybridized carbons (Fsp3) is 0.250. The van der Waals surface area contributed by atoms with Crippen molar-refractivity contribution < 1.29 is 9.72 Å². The molecule has 3 aromatic rings. The first kappa shape index (κ1) is 21.3. The van der Waals surface area contributed by atoms with Crippen molar-refractivity contribution >= 4 is 39.8 Å². The van der Waals surface area contributed by atoms with Crippen LogP contribution >= 0.6 is 11.6 Å². The van der Waals surface area contributed by atoms with E-state index in [0.29, 0.717) is 40.4 Å². The highest BCUT2D eigenvalue weighted by molar-refractivity contribution is 6.31. The van der Waals surface area contributed by atoms with Gasteiger partial charge in [0.1, 0.15) is 5.82 Å². The Morgan fingerprint density at radius 2 is 2.07 bits per heavy atom. The highest BCUT2D eigenvalue weighted by atomic mass is 35.5. The van der Waals surface area contributed by atoms with Crippen molar-refractivity contribution in [2.75, 3.05) is 18.9 Å². The number of nitrogens with one attached hydrogen (secondary N) is 2. The van der Waals surface area contributed by atoms with Gasteiger partial charge in [-0.15, -0.1) is 0 Å². The Morgan fingerprint density at radius 3 is 2.73 bits per heavy atom. The van der Waals surface area contributed by atoms with E-state index in [2.05, 4.69) is 15.3 Å². The lowest BCUT2D eigenvalue weighted by molar-refractivity contribution is -0.384. The molecule has 0 saturated heterocycles. The van der Waals surface area contributed by atoms with E-state index < -0.39 is 10.8 Å². The van der Waals surface area contributed by atoms with E-state index in [1.165, 1.54) is 23.1 Å². The molecular formula is C20H20ClN5O4. The van der Waals surface area contributed by atoms with Crippen LogP contribution in [-0.4, -0.2) is 39.3 Å². The molecule has 2 aromatic carbocycles. The Labute approximate surface area is 176 Å². The lowest BCUT2D eigenvalue weighted by Crippen LogP contribution is -2.33. The third kappa shape index (κ3) is 4.41. The van der Waals surface area contributed by atoms with E-state index in [1.807, 2.05) is 6.92 Å². The van der Waals surface area contributed by atoms with Crippen LogP contribution in [0.3, 0.4) is 0 Å². The number of amides is 1. The van der Waals surface area contributed by atoms with Crippen molar-refractivity contribution in [2.45, 2.75) is 19.9 Å². The number of aromatic nitrogens is 2. The maximum absolute atomic E-state index is 13.2. The first-order valence-electron chi connectivity index (χ1n) is 9.28. The van der Waals surface area contributed by atoms with Crippen molar-refractivity contribution in [1.82, 2.24) is 14.9 Å². The van der Waals surface area contributed by atoms with Gasteiger partial charge in [-0.05, 0) is 30.7 Å². The average Bonchev–Trinajstić information content (AvgIpc) is 2.72. The number of hydrogen-bond donors (Lipinski definition) is 2.